The molecule has 0 aliphatic carbocycles. The van der Waals surface area contributed by atoms with Crippen molar-refractivity contribution in [3.63, 3.8) is 0 Å². The summed E-state index contributed by atoms with van der Waals surface area (Å²) < 4.78 is 0. The smallest absolute Gasteiger partial charge is 0.245 e. The minimum absolute atomic E-state index is 0.0311. The van der Waals surface area contributed by atoms with Gasteiger partial charge in [-0.1, -0.05) is 60.7 Å². The molecule has 3 heterocycles. The highest BCUT2D eigenvalue weighted by molar-refractivity contribution is 7.18. The highest BCUT2D eigenvalue weighted by atomic mass is 35.5. The van der Waals surface area contributed by atoms with E-state index >= 15 is 0 Å². The Hall–Kier alpha value is -2.96. The van der Waals surface area contributed by atoms with Crippen molar-refractivity contribution >= 4 is 44.9 Å². The van der Waals surface area contributed by atoms with Crippen LogP contribution in [-0.4, -0.2) is 47.0 Å². The van der Waals surface area contributed by atoms with Gasteiger partial charge in [0.25, 0.3) is 0 Å². The lowest BCUT2D eigenvalue weighted by atomic mass is 10.1. The molecule has 1 saturated heterocycles. The highest BCUT2D eigenvalue weighted by Gasteiger charge is 2.29. The number of benzene rings is 2. The average Bonchev–Trinajstić information content (AvgIpc) is 3.20. The number of carbonyl (C=O) groups excluding carboxylic acids is 1. The number of aryl methyl sites for hydroxylation is 4. The van der Waals surface area contributed by atoms with E-state index < -0.39 is 5.38 Å². The number of alkyl halides is 1. The van der Waals surface area contributed by atoms with Crippen molar-refractivity contribution in [2.24, 2.45) is 0 Å². The van der Waals surface area contributed by atoms with E-state index in [1.54, 1.807) is 11.3 Å². The quantitative estimate of drug-likeness (QED) is 0.315. The van der Waals surface area contributed by atoms with Crippen molar-refractivity contribution in [1.29, 1.82) is 0 Å². The third-order valence-corrected chi connectivity index (χ3v) is 8.28. The van der Waals surface area contributed by atoms with Gasteiger partial charge in [0.05, 0.1) is 5.39 Å². The summed E-state index contributed by atoms with van der Waals surface area (Å²) in [6.45, 7) is 7.01. The maximum absolute atomic E-state index is 13.0. The molecular formula is C28H29ClN4OS. The van der Waals surface area contributed by atoms with Crippen LogP contribution in [0, 0.1) is 13.8 Å². The van der Waals surface area contributed by atoms with Gasteiger partial charge in [0.15, 0.2) is 0 Å². The van der Waals surface area contributed by atoms with Gasteiger partial charge < -0.3 is 9.80 Å². The number of rotatable bonds is 6. The minimum Gasteiger partial charge on any atom is -0.352 e. The summed E-state index contributed by atoms with van der Waals surface area (Å²) in [5.74, 6) is 1.84. The molecule has 35 heavy (non-hydrogen) atoms. The summed E-state index contributed by atoms with van der Waals surface area (Å²) in [4.78, 5) is 29.5. The molecule has 5 rings (SSSR count). The Kier molecular flexibility index (Phi) is 7.02. The van der Waals surface area contributed by atoms with Crippen LogP contribution in [0.15, 0.2) is 60.7 Å². The van der Waals surface area contributed by atoms with E-state index in [4.69, 9.17) is 21.6 Å². The van der Waals surface area contributed by atoms with Crippen LogP contribution in [0.25, 0.3) is 10.2 Å². The molecule has 1 aliphatic heterocycles. The van der Waals surface area contributed by atoms with E-state index in [9.17, 15) is 4.79 Å². The molecule has 2 aromatic carbocycles. The van der Waals surface area contributed by atoms with Crippen LogP contribution < -0.4 is 4.90 Å². The number of amides is 1. The van der Waals surface area contributed by atoms with Crippen LogP contribution >= 0.6 is 22.9 Å². The van der Waals surface area contributed by atoms with Crippen molar-refractivity contribution in [1.82, 2.24) is 14.9 Å². The lowest BCUT2D eigenvalue weighted by Gasteiger charge is -2.36. The van der Waals surface area contributed by atoms with Gasteiger partial charge in [0.1, 0.15) is 21.8 Å². The molecule has 0 radical (unpaired) electrons. The van der Waals surface area contributed by atoms with E-state index in [1.807, 2.05) is 41.3 Å². The summed E-state index contributed by atoms with van der Waals surface area (Å²) in [6.07, 6.45) is 1.71. The van der Waals surface area contributed by atoms with Crippen molar-refractivity contribution in [3.8, 4) is 0 Å². The van der Waals surface area contributed by atoms with Crippen LogP contribution in [0.5, 0.6) is 0 Å². The standard InChI is InChI=1S/C28H29ClN4OS/c1-19-20(2)35-27-24(19)26(30-23(31-27)14-13-21-9-5-3-6-10-21)32-15-17-33(18-16-32)28(34)25(29)22-11-7-4-8-12-22/h3-12,25H,13-18H2,1-2H3/t25-/m1/s1. The molecule has 2 aromatic heterocycles. The molecule has 0 saturated carbocycles. The van der Waals surface area contributed by atoms with Gasteiger partial charge in [-0.2, -0.15) is 0 Å². The number of fused-ring (bicyclic) bond motifs is 1. The SMILES string of the molecule is Cc1sc2nc(CCc3ccccc3)nc(N3CCN(C(=O)[C@H](Cl)c4ccccc4)CC3)c2c1C. The summed E-state index contributed by atoms with van der Waals surface area (Å²) in [7, 11) is 0. The second kappa shape index (κ2) is 10.3. The first kappa shape index (κ1) is 23.8. The van der Waals surface area contributed by atoms with Gasteiger partial charge in [-0.3, -0.25) is 4.79 Å². The normalized spacial score (nSPS) is 14.9. The topological polar surface area (TPSA) is 49.3 Å². The lowest BCUT2D eigenvalue weighted by Crippen LogP contribution is -2.50. The number of anilines is 1. The molecule has 1 aliphatic rings. The van der Waals surface area contributed by atoms with Gasteiger partial charge in [-0.25, -0.2) is 9.97 Å². The second-order valence-corrected chi connectivity index (χ2v) is 10.6. The van der Waals surface area contributed by atoms with Gasteiger partial charge in [0, 0.05) is 37.5 Å². The fraction of sp³-hybridized carbons (Fsp3) is 0.321. The first-order chi connectivity index (χ1) is 17.0. The number of nitrogens with zero attached hydrogens (tertiary/aromatic N) is 4. The van der Waals surface area contributed by atoms with Crippen LogP contribution in [0.1, 0.15) is 32.8 Å². The predicted molar refractivity (Wildman–Crippen MR) is 145 cm³/mol. The molecule has 4 aromatic rings. The molecule has 0 spiro atoms. The Bertz CT molecular complexity index is 1320. The Morgan fingerprint density at radius 1 is 0.943 bits per heavy atom. The van der Waals surface area contributed by atoms with Crippen LogP contribution in [0.3, 0.4) is 0 Å². The number of aromatic nitrogens is 2. The molecule has 1 fully saturated rings. The Morgan fingerprint density at radius 3 is 2.29 bits per heavy atom. The zero-order chi connectivity index (χ0) is 24.4. The van der Waals surface area contributed by atoms with Gasteiger partial charge in [0.2, 0.25) is 5.91 Å². The molecule has 180 valence electrons. The van der Waals surface area contributed by atoms with Crippen molar-refractivity contribution in [2.75, 3.05) is 31.1 Å². The monoisotopic (exact) mass is 504 g/mol. The molecule has 0 N–H and O–H groups in total. The number of carbonyl (C=O) groups is 1. The average molecular weight is 505 g/mol. The lowest BCUT2D eigenvalue weighted by molar-refractivity contribution is -0.131. The van der Waals surface area contributed by atoms with Crippen molar-refractivity contribution in [2.45, 2.75) is 32.1 Å². The Labute approximate surface area is 215 Å². The number of hydrogen-bond donors (Lipinski definition) is 0. The van der Waals surface area contributed by atoms with Gasteiger partial charge >= 0.3 is 0 Å². The summed E-state index contributed by atoms with van der Waals surface area (Å²) in [5.41, 5.74) is 3.38. The first-order valence-corrected chi connectivity index (χ1v) is 13.3. The third kappa shape index (κ3) is 5.04. The van der Waals surface area contributed by atoms with E-state index in [0.29, 0.717) is 13.1 Å². The molecule has 1 amide bonds. The van der Waals surface area contributed by atoms with E-state index in [2.05, 4.69) is 43.0 Å². The van der Waals surface area contributed by atoms with Crippen molar-refractivity contribution < 1.29 is 4.79 Å². The van der Waals surface area contributed by atoms with Gasteiger partial charge in [-0.15, -0.1) is 22.9 Å². The van der Waals surface area contributed by atoms with Gasteiger partial charge in [-0.05, 0) is 37.0 Å². The Balaban J connectivity index is 1.35. The van der Waals surface area contributed by atoms with Crippen LogP contribution in [-0.2, 0) is 17.6 Å². The zero-order valence-electron chi connectivity index (χ0n) is 20.1. The maximum Gasteiger partial charge on any atom is 0.245 e. The molecule has 7 heteroatoms. The van der Waals surface area contributed by atoms with E-state index in [-0.39, 0.29) is 5.91 Å². The molecular weight excluding hydrogens is 476 g/mol. The fourth-order valence-electron chi connectivity index (χ4n) is 4.58. The molecule has 0 unspecified atom stereocenters. The fourth-order valence-corrected chi connectivity index (χ4v) is 5.90. The predicted octanol–water partition coefficient (Wildman–Crippen LogP) is 5.72. The minimum atomic E-state index is -0.653. The van der Waals surface area contributed by atoms with E-state index in [1.165, 1.54) is 16.0 Å². The maximum atomic E-state index is 13.0. The van der Waals surface area contributed by atoms with Crippen LogP contribution in [0.4, 0.5) is 5.82 Å². The third-order valence-electron chi connectivity index (χ3n) is 6.74. The van der Waals surface area contributed by atoms with E-state index in [0.717, 1.165) is 53.4 Å². The summed E-state index contributed by atoms with van der Waals surface area (Å²) in [6, 6.07) is 20.0. The number of halogens is 1. The zero-order valence-corrected chi connectivity index (χ0v) is 21.6. The van der Waals surface area contributed by atoms with Crippen molar-refractivity contribution in [3.05, 3.63) is 88.1 Å². The Morgan fingerprint density at radius 2 is 1.60 bits per heavy atom. The largest absolute Gasteiger partial charge is 0.352 e. The molecule has 5 nitrogen and oxygen atoms in total. The molecule has 0 bridgehead atoms. The number of thiophene rings is 1. The number of piperazine rings is 1. The summed E-state index contributed by atoms with van der Waals surface area (Å²) in [5, 5.41) is 0.495. The highest BCUT2D eigenvalue weighted by Crippen LogP contribution is 2.36. The molecule has 1 atom stereocenters. The second-order valence-electron chi connectivity index (χ2n) is 9.00. The van der Waals surface area contributed by atoms with Crippen LogP contribution in [0.2, 0.25) is 0 Å². The first-order valence-electron chi connectivity index (χ1n) is 12.0. The number of hydrogen-bond acceptors (Lipinski definition) is 5. The summed E-state index contributed by atoms with van der Waals surface area (Å²) >= 11 is 8.27.